The van der Waals surface area contributed by atoms with E-state index in [2.05, 4.69) is 21.0 Å². The third kappa shape index (κ3) is 3.07. The fourth-order valence-electron chi connectivity index (χ4n) is 1.80. The quantitative estimate of drug-likeness (QED) is 0.747. The predicted octanol–water partition coefficient (Wildman–Crippen LogP) is 4.51. The highest BCUT2D eigenvalue weighted by Crippen LogP contribution is 2.31. The van der Waals surface area contributed by atoms with Crippen molar-refractivity contribution in [1.29, 1.82) is 0 Å². The van der Waals surface area contributed by atoms with Crippen molar-refractivity contribution in [3.05, 3.63) is 45.2 Å². The van der Waals surface area contributed by atoms with Crippen LogP contribution in [0, 0.1) is 6.92 Å². The summed E-state index contributed by atoms with van der Waals surface area (Å²) in [6.07, 6.45) is 0. The topological polar surface area (TPSA) is 27.1 Å². The van der Waals surface area contributed by atoms with E-state index in [1.807, 2.05) is 19.1 Å². The molecule has 1 aromatic heterocycles. The first-order chi connectivity index (χ1) is 9.04. The molecule has 3 nitrogen and oxygen atoms in total. The molecular formula is C13H13BrCl2N2O. The molecule has 0 saturated heterocycles. The van der Waals surface area contributed by atoms with Crippen LogP contribution in [0.4, 0.5) is 0 Å². The number of nitrogens with zero attached hydrogens (tertiary/aromatic N) is 2. The second-order valence-corrected chi connectivity index (χ2v) is 5.45. The molecular weight excluding hydrogens is 351 g/mol. The lowest BCUT2D eigenvalue weighted by Crippen LogP contribution is -2.00. The van der Waals surface area contributed by atoms with Crippen LogP contribution in [0.5, 0.6) is 5.75 Å². The van der Waals surface area contributed by atoms with Crippen LogP contribution in [0.1, 0.15) is 16.8 Å². The average molecular weight is 364 g/mol. The van der Waals surface area contributed by atoms with Gasteiger partial charge in [0.25, 0.3) is 0 Å². The van der Waals surface area contributed by atoms with Crippen LogP contribution >= 0.6 is 39.1 Å². The number of aryl methyl sites for hydroxylation is 2. The molecule has 19 heavy (non-hydrogen) atoms. The Morgan fingerprint density at radius 2 is 2.11 bits per heavy atom. The molecule has 0 N–H and O–H groups in total. The SMILES string of the molecule is Cc1nn(C)c(Cl)c1COc1c(Cl)cccc1CBr. The first-order valence-electron chi connectivity index (χ1n) is 5.68. The molecule has 0 amide bonds. The molecule has 102 valence electrons. The van der Waals surface area contributed by atoms with E-state index >= 15 is 0 Å². The second kappa shape index (κ2) is 6.16. The van der Waals surface area contributed by atoms with Crippen LogP contribution in [0.2, 0.25) is 10.2 Å². The van der Waals surface area contributed by atoms with E-state index in [1.54, 1.807) is 17.8 Å². The van der Waals surface area contributed by atoms with Gasteiger partial charge in [-0.2, -0.15) is 5.10 Å². The van der Waals surface area contributed by atoms with Gasteiger partial charge in [0.15, 0.2) is 0 Å². The van der Waals surface area contributed by atoms with Gasteiger partial charge in [-0.1, -0.05) is 51.3 Å². The molecule has 0 aliphatic heterocycles. The minimum atomic E-state index is 0.349. The highest BCUT2D eigenvalue weighted by Gasteiger charge is 2.14. The summed E-state index contributed by atoms with van der Waals surface area (Å²) < 4.78 is 7.45. The van der Waals surface area contributed by atoms with Crippen molar-refractivity contribution in [2.45, 2.75) is 18.9 Å². The zero-order valence-corrected chi connectivity index (χ0v) is 13.7. The molecule has 0 spiro atoms. The lowest BCUT2D eigenvalue weighted by molar-refractivity contribution is 0.303. The number of para-hydroxylation sites is 1. The van der Waals surface area contributed by atoms with Crippen LogP contribution in [-0.4, -0.2) is 9.78 Å². The Kier molecular flexibility index (Phi) is 4.76. The monoisotopic (exact) mass is 362 g/mol. The Balaban J connectivity index is 2.24. The number of hydrogen-bond acceptors (Lipinski definition) is 2. The highest BCUT2D eigenvalue weighted by atomic mass is 79.9. The molecule has 6 heteroatoms. The van der Waals surface area contributed by atoms with Crippen molar-refractivity contribution in [2.24, 2.45) is 7.05 Å². The van der Waals surface area contributed by atoms with Gasteiger partial charge in [-0.25, -0.2) is 0 Å². The Morgan fingerprint density at radius 1 is 1.37 bits per heavy atom. The molecule has 0 aliphatic rings. The van der Waals surface area contributed by atoms with E-state index in [9.17, 15) is 0 Å². The molecule has 0 saturated carbocycles. The first kappa shape index (κ1) is 14.7. The van der Waals surface area contributed by atoms with Gasteiger partial charge in [-0.15, -0.1) is 0 Å². The normalized spacial score (nSPS) is 10.8. The molecule has 0 fully saturated rings. The highest BCUT2D eigenvalue weighted by molar-refractivity contribution is 9.08. The second-order valence-electron chi connectivity index (χ2n) is 4.13. The fourth-order valence-corrected chi connectivity index (χ4v) is 2.72. The van der Waals surface area contributed by atoms with Gasteiger partial charge < -0.3 is 4.74 Å². The van der Waals surface area contributed by atoms with Gasteiger partial charge in [0.2, 0.25) is 0 Å². The standard InChI is InChI=1S/C13H13BrCl2N2O/c1-8-10(13(16)18(2)17-8)7-19-12-9(6-14)4-3-5-11(12)15/h3-5H,6-7H2,1-2H3. The number of hydrogen-bond donors (Lipinski definition) is 0. The van der Waals surface area contributed by atoms with Crippen LogP contribution in [0.3, 0.4) is 0 Å². The molecule has 0 atom stereocenters. The maximum absolute atomic E-state index is 6.17. The Morgan fingerprint density at radius 3 is 2.68 bits per heavy atom. The largest absolute Gasteiger partial charge is 0.487 e. The van der Waals surface area contributed by atoms with Crippen molar-refractivity contribution in [3.8, 4) is 5.75 Å². The number of aromatic nitrogens is 2. The summed E-state index contributed by atoms with van der Waals surface area (Å²) in [5, 5.41) is 6.11. The molecule has 0 radical (unpaired) electrons. The molecule has 0 unspecified atom stereocenters. The minimum absolute atomic E-state index is 0.349. The number of benzene rings is 1. The van der Waals surface area contributed by atoms with Gasteiger partial charge in [-0.3, -0.25) is 4.68 Å². The van der Waals surface area contributed by atoms with Crippen molar-refractivity contribution < 1.29 is 4.74 Å². The zero-order valence-electron chi connectivity index (χ0n) is 10.6. The van der Waals surface area contributed by atoms with Crippen molar-refractivity contribution in [1.82, 2.24) is 9.78 Å². The third-order valence-electron chi connectivity index (χ3n) is 2.82. The molecule has 0 aliphatic carbocycles. The van der Waals surface area contributed by atoms with Crippen molar-refractivity contribution in [3.63, 3.8) is 0 Å². The lowest BCUT2D eigenvalue weighted by atomic mass is 10.2. The van der Waals surface area contributed by atoms with Crippen molar-refractivity contribution >= 4 is 39.1 Å². The van der Waals surface area contributed by atoms with Gasteiger partial charge in [0.1, 0.15) is 17.5 Å². The number of alkyl halides is 1. The summed E-state index contributed by atoms with van der Waals surface area (Å²) in [7, 11) is 1.80. The summed E-state index contributed by atoms with van der Waals surface area (Å²) in [5.41, 5.74) is 2.75. The number of halogens is 3. The summed E-state index contributed by atoms with van der Waals surface area (Å²) in [6.45, 7) is 2.25. The fraction of sp³-hybridized carbons (Fsp3) is 0.308. The van der Waals surface area contributed by atoms with E-state index in [1.165, 1.54) is 0 Å². The molecule has 0 bridgehead atoms. The van der Waals surface area contributed by atoms with Gasteiger partial charge in [-0.05, 0) is 13.0 Å². The van der Waals surface area contributed by atoms with Crippen LogP contribution in [-0.2, 0) is 19.0 Å². The van der Waals surface area contributed by atoms with E-state index in [0.717, 1.165) is 16.8 Å². The smallest absolute Gasteiger partial charge is 0.142 e. The van der Waals surface area contributed by atoms with E-state index in [0.29, 0.717) is 27.9 Å². The van der Waals surface area contributed by atoms with Crippen LogP contribution in [0.15, 0.2) is 18.2 Å². The van der Waals surface area contributed by atoms with Crippen LogP contribution < -0.4 is 4.74 Å². The first-order valence-corrected chi connectivity index (χ1v) is 7.56. The Bertz CT molecular complexity index is 599. The van der Waals surface area contributed by atoms with Crippen molar-refractivity contribution in [2.75, 3.05) is 0 Å². The molecule has 1 aromatic carbocycles. The molecule has 2 rings (SSSR count). The van der Waals surface area contributed by atoms with Crippen LogP contribution in [0.25, 0.3) is 0 Å². The van der Waals surface area contributed by atoms with Gasteiger partial charge >= 0.3 is 0 Å². The van der Waals surface area contributed by atoms with E-state index in [4.69, 9.17) is 27.9 Å². The summed E-state index contributed by atoms with van der Waals surface area (Å²) in [6, 6.07) is 5.67. The minimum Gasteiger partial charge on any atom is -0.487 e. The Hall–Kier alpha value is -0.710. The predicted molar refractivity (Wildman–Crippen MR) is 81.4 cm³/mol. The average Bonchev–Trinajstić information content (AvgIpc) is 2.62. The molecule has 2 aromatic rings. The number of ether oxygens (including phenoxy) is 1. The van der Waals surface area contributed by atoms with Gasteiger partial charge in [0, 0.05) is 23.5 Å². The third-order valence-corrected chi connectivity index (χ3v) is 4.20. The lowest BCUT2D eigenvalue weighted by Gasteiger charge is -2.11. The summed E-state index contributed by atoms with van der Waals surface area (Å²) >= 11 is 15.8. The number of rotatable bonds is 4. The maximum atomic E-state index is 6.17. The van der Waals surface area contributed by atoms with Gasteiger partial charge in [0.05, 0.1) is 10.7 Å². The molecule has 1 heterocycles. The summed E-state index contributed by atoms with van der Waals surface area (Å²) in [4.78, 5) is 0. The van der Waals surface area contributed by atoms with E-state index < -0.39 is 0 Å². The zero-order chi connectivity index (χ0) is 14.0. The maximum Gasteiger partial charge on any atom is 0.142 e. The van der Waals surface area contributed by atoms with E-state index in [-0.39, 0.29) is 0 Å². The Labute approximate surface area is 130 Å². The summed E-state index contributed by atoms with van der Waals surface area (Å²) in [5.74, 6) is 0.681.